The maximum atomic E-state index is 12.6. The summed E-state index contributed by atoms with van der Waals surface area (Å²) in [5, 5.41) is 6.90. The second-order valence-electron chi connectivity index (χ2n) is 7.53. The van der Waals surface area contributed by atoms with Gasteiger partial charge in [-0.2, -0.15) is 0 Å². The van der Waals surface area contributed by atoms with E-state index in [1.165, 1.54) is 5.56 Å². The number of aryl methyl sites for hydroxylation is 1. The quantitative estimate of drug-likeness (QED) is 0.674. The molecular formula is C23H25N3O4. The van der Waals surface area contributed by atoms with Gasteiger partial charge in [-0.15, -0.1) is 0 Å². The molecule has 1 unspecified atom stereocenters. The maximum Gasteiger partial charge on any atom is 0.273 e. The highest BCUT2D eigenvalue weighted by Gasteiger charge is 2.19. The van der Waals surface area contributed by atoms with Crippen molar-refractivity contribution in [3.8, 4) is 22.8 Å². The van der Waals surface area contributed by atoms with Crippen LogP contribution in [0.3, 0.4) is 0 Å². The minimum atomic E-state index is -0.276. The summed E-state index contributed by atoms with van der Waals surface area (Å²) >= 11 is 0. The summed E-state index contributed by atoms with van der Waals surface area (Å²) < 4.78 is 16.5. The molecule has 7 heteroatoms. The Kier molecular flexibility index (Phi) is 5.72. The lowest BCUT2D eigenvalue weighted by atomic mass is 10.0. The van der Waals surface area contributed by atoms with Crippen LogP contribution in [0.15, 0.2) is 53.1 Å². The van der Waals surface area contributed by atoms with Gasteiger partial charge in [0.15, 0.2) is 23.0 Å². The first-order valence-electron chi connectivity index (χ1n) is 9.89. The normalized spacial score (nSPS) is 13.9. The zero-order valence-corrected chi connectivity index (χ0v) is 17.3. The maximum absolute atomic E-state index is 12.6. The molecule has 3 aromatic rings. The highest BCUT2D eigenvalue weighted by atomic mass is 16.6. The number of amides is 1. The van der Waals surface area contributed by atoms with Gasteiger partial charge in [0.25, 0.3) is 5.91 Å². The minimum absolute atomic E-state index is 0.0544. The number of nitrogens with zero attached hydrogens (tertiary/aromatic N) is 2. The molecule has 2 aromatic carbocycles. The third-order valence-corrected chi connectivity index (χ3v) is 5.11. The highest BCUT2D eigenvalue weighted by molar-refractivity contribution is 5.93. The van der Waals surface area contributed by atoms with Gasteiger partial charge in [-0.1, -0.05) is 35.0 Å². The molecule has 0 fully saturated rings. The Morgan fingerprint density at radius 2 is 1.80 bits per heavy atom. The molecule has 7 nitrogen and oxygen atoms in total. The number of fused-ring (bicyclic) bond motifs is 1. The molecular weight excluding hydrogens is 382 g/mol. The first kappa shape index (κ1) is 20.0. The van der Waals surface area contributed by atoms with Crippen molar-refractivity contribution in [3.05, 3.63) is 65.4 Å². The number of ether oxygens (including phenoxy) is 2. The predicted molar refractivity (Wildman–Crippen MR) is 113 cm³/mol. The molecule has 1 amide bonds. The van der Waals surface area contributed by atoms with E-state index in [1.54, 1.807) is 6.07 Å². The van der Waals surface area contributed by atoms with Gasteiger partial charge in [-0.05, 0) is 44.8 Å². The van der Waals surface area contributed by atoms with Crippen LogP contribution in [0.1, 0.15) is 27.7 Å². The van der Waals surface area contributed by atoms with E-state index in [4.69, 9.17) is 14.0 Å². The molecule has 0 saturated carbocycles. The Balaban J connectivity index is 1.44. The fourth-order valence-corrected chi connectivity index (χ4v) is 3.38. The van der Waals surface area contributed by atoms with Crippen LogP contribution < -0.4 is 14.8 Å². The zero-order chi connectivity index (χ0) is 21.1. The Hall–Kier alpha value is -3.32. The van der Waals surface area contributed by atoms with Crippen molar-refractivity contribution < 1.29 is 18.8 Å². The number of benzene rings is 2. The molecule has 0 radical (unpaired) electrons. The van der Waals surface area contributed by atoms with E-state index in [1.807, 2.05) is 32.3 Å². The summed E-state index contributed by atoms with van der Waals surface area (Å²) in [6.45, 7) is 3.56. The van der Waals surface area contributed by atoms with E-state index in [-0.39, 0.29) is 17.6 Å². The topological polar surface area (TPSA) is 76.8 Å². The summed E-state index contributed by atoms with van der Waals surface area (Å²) in [6.07, 6.45) is 0. The minimum Gasteiger partial charge on any atom is -0.486 e. The number of rotatable bonds is 6. The van der Waals surface area contributed by atoms with Crippen LogP contribution in [0.5, 0.6) is 11.5 Å². The van der Waals surface area contributed by atoms with Gasteiger partial charge in [-0.3, -0.25) is 4.79 Å². The molecule has 0 aliphatic carbocycles. The average Bonchev–Trinajstić information content (AvgIpc) is 3.25. The standard InChI is InChI=1S/C23H25N3O4/c1-15-4-6-16(7-5-15)19(26(2)3)14-24-23(27)18-13-21(30-25-18)17-8-9-20-22(12-17)29-11-10-28-20/h4-9,12-13,19H,10-11,14H2,1-3H3,(H,24,27). The van der Waals surface area contributed by atoms with Gasteiger partial charge < -0.3 is 24.2 Å². The molecule has 2 heterocycles. The van der Waals surface area contributed by atoms with Gasteiger partial charge in [0.1, 0.15) is 13.2 Å². The van der Waals surface area contributed by atoms with E-state index < -0.39 is 0 Å². The van der Waals surface area contributed by atoms with Crippen molar-refractivity contribution in [3.63, 3.8) is 0 Å². The number of carbonyl (C=O) groups is 1. The lowest BCUT2D eigenvalue weighted by Gasteiger charge is -2.25. The van der Waals surface area contributed by atoms with Crippen molar-refractivity contribution in [2.75, 3.05) is 33.9 Å². The lowest BCUT2D eigenvalue weighted by Crippen LogP contribution is -2.34. The average molecular weight is 407 g/mol. The lowest BCUT2D eigenvalue weighted by molar-refractivity contribution is 0.0933. The first-order chi connectivity index (χ1) is 14.5. The fraction of sp³-hybridized carbons (Fsp3) is 0.304. The van der Waals surface area contributed by atoms with Crippen molar-refractivity contribution in [1.29, 1.82) is 0 Å². The van der Waals surface area contributed by atoms with Gasteiger partial charge in [-0.25, -0.2) is 0 Å². The summed E-state index contributed by atoms with van der Waals surface area (Å²) in [5.41, 5.74) is 3.36. The Labute approximate surface area is 175 Å². The molecule has 1 atom stereocenters. The molecule has 4 rings (SSSR count). The summed E-state index contributed by atoms with van der Waals surface area (Å²) in [4.78, 5) is 14.7. The summed E-state index contributed by atoms with van der Waals surface area (Å²) in [7, 11) is 3.99. The predicted octanol–water partition coefficient (Wildman–Crippen LogP) is 3.45. The third kappa shape index (κ3) is 4.31. The zero-order valence-electron chi connectivity index (χ0n) is 17.3. The number of hydrogen-bond donors (Lipinski definition) is 1. The largest absolute Gasteiger partial charge is 0.486 e. The second-order valence-corrected chi connectivity index (χ2v) is 7.53. The van der Waals surface area contributed by atoms with Crippen molar-refractivity contribution in [1.82, 2.24) is 15.4 Å². The van der Waals surface area contributed by atoms with Crippen LogP contribution in [-0.4, -0.2) is 49.8 Å². The third-order valence-electron chi connectivity index (χ3n) is 5.11. The van der Waals surface area contributed by atoms with Crippen molar-refractivity contribution >= 4 is 5.91 Å². The molecule has 1 aliphatic heterocycles. The van der Waals surface area contributed by atoms with Gasteiger partial charge in [0.05, 0.1) is 6.04 Å². The van der Waals surface area contributed by atoms with E-state index in [9.17, 15) is 4.79 Å². The Morgan fingerprint density at radius 3 is 2.53 bits per heavy atom. The van der Waals surface area contributed by atoms with Crippen LogP contribution in [0, 0.1) is 6.92 Å². The number of carbonyl (C=O) groups excluding carboxylic acids is 1. The van der Waals surface area contributed by atoms with E-state index in [0.717, 1.165) is 11.1 Å². The smallest absolute Gasteiger partial charge is 0.273 e. The van der Waals surface area contributed by atoms with Crippen LogP contribution in [0.4, 0.5) is 0 Å². The van der Waals surface area contributed by atoms with Crippen LogP contribution in [-0.2, 0) is 0 Å². The van der Waals surface area contributed by atoms with Crippen molar-refractivity contribution in [2.45, 2.75) is 13.0 Å². The van der Waals surface area contributed by atoms with E-state index in [0.29, 0.717) is 37.0 Å². The Bertz CT molecular complexity index is 1030. The SMILES string of the molecule is Cc1ccc(C(CNC(=O)c2cc(-c3ccc4c(c3)OCCO4)on2)N(C)C)cc1. The molecule has 30 heavy (non-hydrogen) atoms. The van der Waals surface area contributed by atoms with Gasteiger partial charge in [0, 0.05) is 18.2 Å². The number of nitrogens with one attached hydrogen (secondary N) is 1. The van der Waals surface area contributed by atoms with Crippen molar-refractivity contribution in [2.24, 2.45) is 0 Å². The number of aromatic nitrogens is 1. The van der Waals surface area contributed by atoms with E-state index >= 15 is 0 Å². The second kappa shape index (κ2) is 8.59. The molecule has 1 N–H and O–H groups in total. The van der Waals surface area contributed by atoms with Crippen LogP contribution >= 0.6 is 0 Å². The first-order valence-corrected chi connectivity index (χ1v) is 9.89. The monoisotopic (exact) mass is 407 g/mol. The molecule has 0 saturated heterocycles. The number of hydrogen-bond acceptors (Lipinski definition) is 6. The van der Waals surface area contributed by atoms with Crippen LogP contribution in [0.2, 0.25) is 0 Å². The summed E-state index contributed by atoms with van der Waals surface area (Å²) in [5.74, 6) is 1.59. The Morgan fingerprint density at radius 1 is 1.07 bits per heavy atom. The van der Waals surface area contributed by atoms with Gasteiger partial charge >= 0.3 is 0 Å². The van der Waals surface area contributed by atoms with Gasteiger partial charge in [0.2, 0.25) is 0 Å². The molecule has 156 valence electrons. The highest BCUT2D eigenvalue weighted by Crippen LogP contribution is 2.34. The molecule has 1 aliphatic rings. The molecule has 0 spiro atoms. The fourth-order valence-electron chi connectivity index (χ4n) is 3.38. The van der Waals surface area contributed by atoms with E-state index in [2.05, 4.69) is 46.6 Å². The number of likely N-dealkylation sites (N-methyl/N-ethyl adjacent to an activating group) is 1. The summed E-state index contributed by atoms with van der Waals surface area (Å²) in [6, 6.07) is 15.5. The molecule has 0 bridgehead atoms. The molecule has 1 aromatic heterocycles. The van der Waals surface area contributed by atoms with Crippen LogP contribution in [0.25, 0.3) is 11.3 Å².